The van der Waals surface area contributed by atoms with Gasteiger partial charge < -0.3 is 19.8 Å². The molecule has 4 aromatic rings. The van der Waals surface area contributed by atoms with Gasteiger partial charge in [-0.1, -0.05) is 17.7 Å². The fourth-order valence-electron chi connectivity index (χ4n) is 4.02. The average Bonchev–Trinajstić information content (AvgIpc) is 3.32. The number of nitrogens with one attached hydrogen (secondary N) is 2. The van der Waals surface area contributed by atoms with Crippen molar-refractivity contribution in [1.82, 2.24) is 15.6 Å². The molecular weight excluding hydrogens is 618 g/mol. The molecule has 0 saturated heterocycles. The van der Waals surface area contributed by atoms with Gasteiger partial charge in [0.2, 0.25) is 5.71 Å². The van der Waals surface area contributed by atoms with Crippen molar-refractivity contribution in [2.45, 2.75) is 18.0 Å². The van der Waals surface area contributed by atoms with Crippen molar-refractivity contribution in [1.29, 1.82) is 0 Å². The largest absolute Gasteiger partial charge is 0.496 e. The van der Waals surface area contributed by atoms with Crippen molar-refractivity contribution in [3.05, 3.63) is 70.6 Å². The van der Waals surface area contributed by atoms with Crippen molar-refractivity contribution >= 4 is 34.5 Å². The lowest BCUT2D eigenvalue weighted by Gasteiger charge is -2.28. The summed E-state index contributed by atoms with van der Waals surface area (Å²) < 4.78 is 116. The maximum absolute atomic E-state index is 13.8. The summed E-state index contributed by atoms with van der Waals surface area (Å²) in [6.45, 7) is -2.35. The molecule has 2 heterocycles. The molecule has 16 heteroatoms. The monoisotopic (exact) mass is 635 g/mol. The fraction of sp³-hybridized carbons (Fsp3) is 0.222. The van der Waals surface area contributed by atoms with Crippen LogP contribution in [-0.2, 0) is 0 Å². The van der Waals surface area contributed by atoms with E-state index < -0.39 is 47.8 Å². The zero-order valence-electron chi connectivity index (χ0n) is 21.8. The summed E-state index contributed by atoms with van der Waals surface area (Å²) in [5, 5.41) is 3.75. The molecule has 0 saturated carbocycles. The molecule has 2 N–H and O–H groups in total. The van der Waals surface area contributed by atoms with Gasteiger partial charge in [0.25, 0.3) is 11.8 Å². The standard InChI is InChI=1S/C27H18ClF8N3O4/c1-37-23(41)19-17-10-15(21(28)39-24(17)43-20(19)12-3-6-14(29)7-4-12)13-5-8-18(42-2)16(9-13)22(40)38-11-25(30,31)26(32,33)27(34,35)36/h3-10H,11H2,1-2H3,(H,37,41)(H,38,40). The number of ether oxygens (including phenoxy) is 1. The van der Waals surface area contributed by atoms with Crippen LogP contribution in [0.5, 0.6) is 5.75 Å². The van der Waals surface area contributed by atoms with Gasteiger partial charge in [0, 0.05) is 18.2 Å². The van der Waals surface area contributed by atoms with Gasteiger partial charge in [-0.05, 0) is 48.0 Å². The van der Waals surface area contributed by atoms with Crippen LogP contribution in [0.15, 0.2) is 52.9 Å². The molecule has 43 heavy (non-hydrogen) atoms. The number of hydrogen-bond donors (Lipinski definition) is 2. The number of methoxy groups -OCH3 is 1. The Morgan fingerprint density at radius 2 is 1.58 bits per heavy atom. The van der Waals surface area contributed by atoms with Gasteiger partial charge in [-0.2, -0.15) is 30.7 Å². The molecule has 0 unspecified atom stereocenters. The Balaban J connectivity index is 1.77. The molecule has 0 aliphatic rings. The number of pyridine rings is 1. The maximum atomic E-state index is 13.8. The van der Waals surface area contributed by atoms with Crippen molar-refractivity contribution in [2.24, 2.45) is 0 Å². The molecule has 4 rings (SSSR count). The van der Waals surface area contributed by atoms with E-state index in [2.05, 4.69) is 10.3 Å². The summed E-state index contributed by atoms with van der Waals surface area (Å²) >= 11 is 6.36. The Morgan fingerprint density at radius 3 is 2.16 bits per heavy atom. The Labute approximate surface area is 241 Å². The number of furan rings is 1. The number of nitrogens with zero attached hydrogens (tertiary/aromatic N) is 1. The summed E-state index contributed by atoms with van der Waals surface area (Å²) in [6, 6.07) is 9.98. The Bertz CT molecular complexity index is 1710. The summed E-state index contributed by atoms with van der Waals surface area (Å²) in [6.07, 6.45) is -6.57. The second-order valence-corrected chi connectivity index (χ2v) is 9.30. The van der Waals surface area contributed by atoms with Gasteiger partial charge in [-0.3, -0.25) is 9.59 Å². The van der Waals surface area contributed by atoms with Gasteiger partial charge in [-0.15, -0.1) is 0 Å². The van der Waals surface area contributed by atoms with Gasteiger partial charge in [0.15, 0.2) is 0 Å². The van der Waals surface area contributed by atoms with Gasteiger partial charge in [-0.25, -0.2) is 9.37 Å². The predicted octanol–water partition coefficient (Wildman–Crippen LogP) is 6.89. The highest BCUT2D eigenvalue weighted by atomic mass is 35.5. The predicted molar refractivity (Wildman–Crippen MR) is 138 cm³/mol. The van der Waals surface area contributed by atoms with Crippen molar-refractivity contribution in [3.8, 4) is 28.2 Å². The van der Waals surface area contributed by atoms with Crippen LogP contribution in [0.2, 0.25) is 5.15 Å². The van der Waals surface area contributed by atoms with E-state index in [1.165, 1.54) is 42.7 Å². The van der Waals surface area contributed by atoms with Crippen molar-refractivity contribution in [3.63, 3.8) is 0 Å². The first-order valence-corrected chi connectivity index (χ1v) is 12.3. The topological polar surface area (TPSA) is 93.5 Å². The second kappa shape index (κ2) is 11.4. The molecule has 7 nitrogen and oxygen atoms in total. The number of halogens is 9. The first-order chi connectivity index (χ1) is 20.0. The maximum Gasteiger partial charge on any atom is 0.459 e. The Kier molecular flexibility index (Phi) is 8.33. The average molecular weight is 636 g/mol. The van der Waals surface area contributed by atoms with E-state index in [9.17, 15) is 44.7 Å². The highest BCUT2D eigenvalue weighted by Gasteiger charge is 2.72. The number of alkyl halides is 7. The van der Waals surface area contributed by atoms with E-state index in [4.69, 9.17) is 20.8 Å². The molecule has 2 aromatic carbocycles. The van der Waals surface area contributed by atoms with Crippen molar-refractivity contribution < 1.29 is 53.9 Å². The first kappa shape index (κ1) is 31.5. The van der Waals surface area contributed by atoms with E-state index >= 15 is 0 Å². The number of benzene rings is 2. The van der Waals surface area contributed by atoms with Crippen LogP contribution in [0.25, 0.3) is 33.6 Å². The Morgan fingerprint density at radius 1 is 0.953 bits per heavy atom. The van der Waals surface area contributed by atoms with Crippen LogP contribution in [0.4, 0.5) is 35.1 Å². The zero-order valence-corrected chi connectivity index (χ0v) is 22.6. The van der Waals surface area contributed by atoms with Crippen LogP contribution < -0.4 is 15.4 Å². The summed E-state index contributed by atoms with van der Waals surface area (Å²) in [5.41, 5.74) is -0.124. The molecule has 2 amide bonds. The normalized spacial score (nSPS) is 12.3. The minimum atomic E-state index is -6.57. The lowest BCUT2D eigenvalue weighted by molar-refractivity contribution is -0.352. The number of rotatable bonds is 8. The summed E-state index contributed by atoms with van der Waals surface area (Å²) in [5.74, 6) is -14.9. The Hall–Kier alpha value is -4.40. The molecule has 2 aromatic heterocycles. The number of carbonyl (C=O) groups is 2. The number of hydrogen-bond acceptors (Lipinski definition) is 5. The lowest BCUT2D eigenvalue weighted by Crippen LogP contribution is -2.56. The van der Waals surface area contributed by atoms with E-state index in [0.29, 0.717) is 5.56 Å². The molecule has 0 fully saturated rings. The van der Waals surface area contributed by atoms with Crippen LogP contribution in [0.3, 0.4) is 0 Å². The minimum absolute atomic E-state index is 0.00572. The molecular formula is C27H18ClF8N3O4. The second-order valence-electron chi connectivity index (χ2n) is 8.95. The summed E-state index contributed by atoms with van der Waals surface area (Å²) in [4.78, 5) is 29.7. The number of carbonyl (C=O) groups excluding carboxylic acids is 2. The SMILES string of the molecule is CNC(=O)c1c(-c2ccc(F)cc2)oc2nc(Cl)c(-c3ccc(OC)c(C(=O)NCC(F)(F)C(F)(F)C(F)(F)F)c3)cc12. The van der Waals surface area contributed by atoms with Gasteiger partial charge >= 0.3 is 18.0 Å². The third-order valence-electron chi connectivity index (χ3n) is 6.24. The molecule has 0 radical (unpaired) electrons. The number of amides is 2. The lowest BCUT2D eigenvalue weighted by atomic mass is 10.00. The van der Waals surface area contributed by atoms with Crippen LogP contribution in [0, 0.1) is 5.82 Å². The minimum Gasteiger partial charge on any atom is -0.496 e. The third kappa shape index (κ3) is 5.81. The zero-order chi connectivity index (χ0) is 31.9. The van der Waals surface area contributed by atoms with E-state index in [0.717, 1.165) is 25.3 Å². The molecule has 0 spiro atoms. The summed E-state index contributed by atoms with van der Waals surface area (Å²) in [7, 11) is 2.44. The first-order valence-electron chi connectivity index (χ1n) is 11.9. The van der Waals surface area contributed by atoms with Crippen LogP contribution in [0.1, 0.15) is 20.7 Å². The third-order valence-corrected chi connectivity index (χ3v) is 6.53. The highest BCUT2D eigenvalue weighted by molar-refractivity contribution is 6.33. The molecule has 0 bridgehead atoms. The number of aromatic nitrogens is 1. The van der Waals surface area contributed by atoms with Gasteiger partial charge in [0.05, 0.1) is 30.2 Å². The smallest absolute Gasteiger partial charge is 0.459 e. The molecule has 0 atom stereocenters. The van der Waals surface area contributed by atoms with Gasteiger partial charge in [0.1, 0.15) is 22.5 Å². The quantitative estimate of drug-likeness (QED) is 0.163. The number of fused-ring (bicyclic) bond motifs is 1. The van der Waals surface area contributed by atoms with E-state index in [1.807, 2.05) is 0 Å². The molecule has 228 valence electrons. The van der Waals surface area contributed by atoms with Crippen LogP contribution in [-0.4, -0.2) is 55.5 Å². The van der Waals surface area contributed by atoms with Crippen molar-refractivity contribution in [2.75, 3.05) is 20.7 Å². The van der Waals surface area contributed by atoms with E-state index in [1.54, 1.807) is 0 Å². The highest BCUT2D eigenvalue weighted by Crippen LogP contribution is 2.46. The molecule has 0 aliphatic carbocycles. The van der Waals surface area contributed by atoms with E-state index in [-0.39, 0.29) is 44.5 Å². The molecule has 0 aliphatic heterocycles. The fourth-order valence-corrected chi connectivity index (χ4v) is 4.26. The van der Waals surface area contributed by atoms with Crippen LogP contribution >= 0.6 is 11.6 Å².